The summed E-state index contributed by atoms with van der Waals surface area (Å²) >= 11 is 0. The van der Waals surface area contributed by atoms with Crippen molar-refractivity contribution in [3.63, 3.8) is 0 Å². The lowest BCUT2D eigenvalue weighted by Crippen LogP contribution is -2.47. The molecule has 0 spiro atoms. The minimum Gasteiger partial charge on any atom is -0.395 e. The third-order valence-electron chi connectivity index (χ3n) is 7.27. The molecule has 0 radical (unpaired) electrons. The van der Waals surface area contributed by atoms with Crippen LogP contribution in [0.3, 0.4) is 0 Å². The van der Waals surface area contributed by atoms with Gasteiger partial charge in [0.05, 0.1) is 30.1 Å². The Balaban J connectivity index is 1.44. The van der Waals surface area contributed by atoms with E-state index in [1.807, 2.05) is 12.1 Å². The van der Waals surface area contributed by atoms with Gasteiger partial charge in [0.2, 0.25) is 0 Å². The molecule has 1 aromatic carbocycles. The molecule has 0 bridgehead atoms. The van der Waals surface area contributed by atoms with Crippen LogP contribution in [0, 0.1) is 17.2 Å². The molecule has 11 nitrogen and oxygen atoms in total. The van der Waals surface area contributed by atoms with Gasteiger partial charge in [-0.05, 0) is 62.8 Å². The van der Waals surface area contributed by atoms with Gasteiger partial charge in [0.1, 0.15) is 6.17 Å². The van der Waals surface area contributed by atoms with E-state index in [1.165, 1.54) is 6.20 Å². The van der Waals surface area contributed by atoms with Gasteiger partial charge in [-0.1, -0.05) is 0 Å². The Morgan fingerprint density at radius 1 is 1.16 bits per heavy atom. The fraction of sp³-hybridized carbons (Fsp3) is 0.538. The third-order valence-corrected chi connectivity index (χ3v) is 7.27. The van der Waals surface area contributed by atoms with Gasteiger partial charge < -0.3 is 15.3 Å². The average molecular weight is 508 g/mol. The van der Waals surface area contributed by atoms with Crippen LogP contribution in [0.1, 0.15) is 31.0 Å². The second kappa shape index (κ2) is 13.3. The van der Waals surface area contributed by atoms with Crippen molar-refractivity contribution in [1.82, 2.24) is 25.3 Å². The van der Waals surface area contributed by atoms with Crippen LogP contribution in [0.25, 0.3) is 0 Å². The molecule has 2 aromatic rings. The lowest BCUT2D eigenvalue weighted by molar-refractivity contribution is 0.169. The largest absolute Gasteiger partial charge is 0.395 e. The normalized spacial score (nSPS) is 18.3. The highest BCUT2D eigenvalue weighted by Gasteiger charge is 2.23. The molecule has 11 heteroatoms. The van der Waals surface area contributed by atoms with Crippen LogP contribution in [0.15, 0.2) is 40.2 Å². The van der Waals surface area contributed by atoms with Crippen LogP contribution in [0.2, 0.25) is 0 Å². The number of nitriles is 1. The highest BCUT2D eigenvalue weighted by atomic mass is 16.3. The standard InChI is InChI=1S/C26H37N9O2/c1-28-23-18-30-32-26(37)24(23)25(29-19-34-10-7-20(6-9-27)8-11-34)31-21-2-4-22(5-3-21)35-14-12-33(13-15-35)16-17-36/h2-5,18,20,25,29,31,36H,1,6-8,10-17,19H2,(H,32,37). The average Bonchev–Trinajstić information content (AvgIpc) is 2.93. The van der Waals surface area contributed by atoms with Gasteiger partial charge in [0.25, 0.3) is 5.56 Å². The first-order chi connectivity index (χ1) is 18.1. The number of aliphatic hydroxyl groups excluding tert-OH is 1. The number of aliphatic imine (C=N–C) groups is 1. The molecule has 0 aliphatic carbocycles. The lowest BCUT2D eigenvalue weighted by Gasteiger charge is -2.36. The number of likely N-dealkylation sites (tertiary alicyclic amines) is 1. The number of rotatable bonds is 11. The summed E-state index contributed by atoms with van der Waals surface area (Å²) in [6, 6.07) is 10.5. The topological polar surface area (TPSA) is 136 Å². The number of β-amino-alcohol motifs (C(OH)–C–C–N with tert-alkyl or cyclic N) is 1. The number of H-pyrrole nitrogens is 1. The van der Waals surface area contributed by atoms with Crippen molar-refractivity contribution in [2.24, 2.45) is 10.9 Å². The van der Waals surface area contributed by atoms with Gasteiger partial charge in [-0.2, -0.15) is 10.4 Å². The molecule has 4 N–H and O–H groups in total. The monoisotopic (exact) mass is 507 g/mol. The van der Waals surface area contributed by atoms with E-state index in [0.29, 0.717) is 30.3 Å². The fourth-order valence-corrected chi connectivity index (χ4v) is 5.03. The number of aliphatic hydroxyl groups is 1. The summed E-state index contributed by atoms with van der Waals surface area (Å²) in [5.41, 5.74) is 2.57. The van der Waals surface area contributed by atoms with Crippen molar-refractivity contribution in [3.05, 3.63) is 46.4 Å². The summed E-state index contributed by atoms with van der Waals surface area (Å²) in [5, 5.41) is 31.5. The number of nitrogens with one attached hydrogen (secondary N) is 3. The first-order valence-corrected chi connectivity index (χ1v) is 12.9. The van der Waals surface area contributed by atoms with E-state index in [-0.39, 0.29) is 12.2 Å². The predicted molar refractivity (Wildman–Crippen MR) is 145 cm³/mol. The van der Waals surface area contributed by atoms with Crippen molar-refractivity contribution in [2.45, 2.75) is 25.4 Å². The molecule has 0 amide bonds. The second-order valence-electron chi connectivity index (χ2n) is 9.62. The number of piperazine rings is 1. The van der Waals surface area contributed by atoms with Crippen molar-refractivity contribution < 1.29 is 5.11 Å². The molecule has 2 aliphatic rings. The van der Waals surface area contributed by atoms with Crippen LogP contribution in [-0.2, 0) is 0 Å². The number of aromatic amines is 1. The molecule has 1 aromatic heterocycles. The summed E-state index contributed by atoms with van der Waals surface area (Å²) in [6.07, 6.45) is 3.61. The van der Waals surface area contributed by atoms with Crippen molar-refractivity contribution in [3.8, 4) is 6.07 Å². The van der Waals surface area contributed by atoms with Gasteiger partial charge in [-0.3, -0.25) is 24.9 Å². The number of anilines is 2. The van der Waals surface area contributed by atoms with E-state index in [4.69, 9.17) is 10.4 Å². The van der Waals surface area contributed by atoms with Crippen LogP contribution in [0.5, 0.6) is 0 Å². The number of nitrogens with zero attached hydrogens (tertiary/aromatic N) is 6. The number of aromatic nitrogens is 2. The highest BCUT2D eigenvalue weighted by molar-refractivity contribution is 5.58. The molecular weight excluding hydrogens is 470 g/mol. The SMILES string of the molecule is C=Nc1cn[nH]c(=O)c1C(NCN1CCC(CC#N)CC1)Nc1ccc(N2CCN(CCO)CC2)cc1. The molecule has 4 rings (SSSR count). The number of benzene rings is 1. The Kier molecular flexibility index (Phi) is 9.62. The molecule has 2 fully saturated rings. The van der Waals surface area contributed by atoms with E-state index in [1.54, 1.807) is 0 Å². The Bertz CT molecular complexity index is 1100. The van der Waals surface area contributed by atoms with E-state index in [0.717, 1.165) is 70.0 Å². The Labute approximate surface area is 217 Å². The number of hydrogen-bond donors (Lipinski definition) is 4. The van der Waals surface area contributed by atoms with Gasteiger partial charge in [0, 0.05) is 57.2 Å². The van der Waals surface area contributed by atoms with Crippen LogP contribution >= 0.6 is 0 Å². The van der Waals surface area contributed by atoms with Gasteiger partial charge in [0.15, 0.2) is 0 Å². The lowest BCUT2D eigenvalue weighted by atomic mass is 9.94. The zero-order valence-corrected chi connectivity index (χ0v) is 21.3. The molecule has 2 saturated heterocycles. The highest BCUT2D eigenvalue weighted by Crippen LogP contribution is 2.26. The number of piperidine rings is 1. The minimum atomic E-state index is -0.503. The molecule has 198 valence electrons. The third kappa shape index (κ3) is 7.14. The van der Waals surface area contributed by atoms with Crippen LogP contribution in [0.4, 0.5) is 17.1 Å². The maximum atomic E-state index is 12.8. The zero-order valence-electron chi connectivity index (χ0n) is 21.3. The molecule has 0 saturated carbocycles. The van der Waals surface area contributed by atoms with Gasteiger partial charge in [-0.25, -0.2) is 5.10 Å². The van der Waals surface area contributed by atoms with Gasteiger partial charge in [-0.15, -0.1) is 0 Å². The summed E-state index contributed by atoms with van der Waals surface area (Å²) in [7, 11) is 0. The summed E-state index contributed by atoms with van der Waals surface area (Å²) in [6.45, 7) is 10.6. The van der Waals surface area contributed by atoms with Gasteiger partial charge >= 0.3 is 0 Å². The molecule has 1 unspecified atom stereocenters. The van der Waals surface area contributed by atoms with E-state index < -0.39 is 6.17 Å². The second-order valence-corrected chi connectivity index (χ2v) is 9.62. The van der Waals surface area contributed by atoms with Crippen LogP contribution in [-0.4, -0.2) is 90.9 Å². The van der Waals surface area contributed by atoms with E-state index in [2.05, 4.69) is 65.4 Å². The Hall–Kier alpha value is -3.30. The molecule has 2 aliphatic heterocycles. The van der Waals surface area contributed by atoms with Crippen molar-refractivity contribution in [2.75, 3.05) is 69.3 Å². The quantitative estimate of drug-likeness (QED) is 0.263. The first kappa shape index (κ1) is 26.8. The first-order valence-electron chi connectivity index (χ1n) is 12.9. The molecule has 3 heterocycles. The van der Waals surface area contributed by atoms with Crippen LogP contribution < -0.4 is 21.1 Å². The summed E-state index contributed by atoms with van der Waals surface area (Å²) in [5.74, 6) is 0.464. The molecular formula is C26H37N9O2. The zero-order chi connectivity index (χ0) is 26.0. The number of hydrogen-bond acceptors (Lipinski definition) is 10. The Morgan fingerprint density at radius 3 is 2.54 bits per heavy atom. The minimum absolute atomic E-state index is 0.193. The predicted octanol–water partition coefficient (Wildman–Crippen LogP) is 1.50. The Morgan fingerprint density at radius 2 is 1.89 bits per heavy atom. The maximum absolute atomic E-state index is 12.8. The van der Waals surface area contributed by atoms with Crippen molar-refractivity contribution >= 4 is 23.8 Å². The smallest absolute Gasteiger partial charge is 0.273 e. The maximum Gasteiger partial charge on any atom is 0.273 e. The van der Waals surface area contributed by atoms with E-state index >= 15 is 0 Å². The summed E-state index contributed by atoms with van der Waals surface area (Å²) < 4.78 is 0. The summed E-state index contributed by atoms with van der Waals surface area (Å²) in [4.78, 5) is 23.7. The molecule has 1 atom stereocenters. The molecule has 37 heavy (non-hydrogen) atoms. The van der Waals surface area contributed by atoms with Crippen molar-refractivity contribution in [1.29, 1.82) is 5.26 Å². The fourth-order valence-electron chi connectivity index (χ4n) is 5.03. The van der Waals surface area contributed by atoms with E-state index in [9.17, 15) is 4.79 Å².